The Morgan fingerprint density at radius 1 is 1.27 bits per heavy atom. The minimum atomic E-state index is -0.456. The van der Waals surface area contributed by atoms with E-state index in [1.165, 1.54) is 0 Å². The van der Waals surface area contributed by atoms with Crippen molar-refractivity contribution >= 4 is 11.9 Å². The van der Waals surface area contributed by atoms with Gasteiger partial charge in [-0.2, -0.15) is 0 Å². The molecule has 0 bridgehead atoms. The molecule has 1 aromatic heterocycles. The van der Waals surface area contributed by atoms with Crippen molar-refractivity contribution in [3.05, 3.63) is 23.4 Å². The van der Waals surface area contributed by atoms with Crippen molar-refractivity contribution in [2.24, 2.45) is 5.73 Å². The standard InChI is InChI=1S/C16H26N4O2/c1-12-9-13(11-17)10-14(18-12)19-5-7-20(8-6-19)15(21)22-16(2,3)4/h9-10H,5-8,11,17H2,1-4H3. The van der Waals surface area contributed by atoms with Crippen molar-refractivity contribution in [2.45, 2.75) is 39.8 Å². The van der Waals surface area contributed by atoms with Gasteiger partial charge in [0.15, 0.2) is 0 Å². The summed E-state index contributed by atoms with van der Waals surface area (Å²) in [6.07, 6.45) is -0.244. The molecule has 1 amide bonds. The molecule has 0 saturated carbocycles. The van der Waals surface area contributed by atoms with Crippen molar-refractivity contribution in [2.75, 3.05) is 31.1 Å². The zero-order chi connectivity index (χ0) is 16.3. The Kier molecular flexibility index (Phi) is 4.90. The fraction of sp³-hybridized carbons (Fsp3) is 0.625. The predicted octanol–water partition coefficient (Wildman–Crippen LogP) is 1.91. The van der Waals surface area contributed by atoms with Crippen LogP contribution in [0.3, 0.4) is 0 Å². The fourth-order valence-corrected chi connectivity index (χ4v) is 2.45. The maximum Gasteiger partial charge on any atom is 0.410 e. The average Bonchev–Trinajstić information content (AvgIpc) is 2.45. The molecule has 0 radical (unpaired) electrons. The second kappa shape index (κ2) is 6.52. The molecule has 0 spiro atoms. The number of nitrogens with zero attached hydrogens (tertiary/aromatic N) is 3. The molecule has 0 aromatic carbocycles. The van der Waals surface area contributed by atoms with Crippen LogP contribution in [0, 0.1) is 6.92 Å². The molecule has 22 heavy (non-hydrogen) atoms. The van der Waals surface area contributed by atoms with Crippen molar-refractivity contribution in [1.82, 2.24) is 9.88 Å². The number of piperazine rings is 1. The van der Waals surface area contributed by atoms with Crippen molar-refractivity contribution < 1.29 is 9.53 Å². The first-order valence-electron chi connectivity index (χ1n) is 7.69. The van der Waals surface area contributed by atoms with E-state index in [9.17, 15) is 4.79 Å². The van der Waals surface area contributed by atoms with Crippen LogP contribution in [0.4, 0.5) is 10.6 Å². The number of ether oxygens (including phenoxy) is 1. The third-order valence-electron chi connectivity index (χ3n) is 3.49. The SMILES string of the molecule is Cc1cc(CN)cc(N2CCN(C(=O)OC(C)(C)C)CC2)n1. The van der Waals surface area contributed by atoms with E-state index in [-0.39, 0.29) is 6.09 Å². The summed E-state index contributed by atoms with van der Waals surface area (Å²) in [5.74, 6) is 0.935. The van der Waals surface area contributed by atoms with Crippen LogP contribution in [0.5, 0.6) is 0 Å². The van der Waals surface area contributed by atoms with E-state index >= 15 is 0 Å². The summed E-state index contributed by atoms with van der Waals surface area (Å²) in [5, 5.41) is 0. The molecule has 0 aliphatic carbocycles. The minimum Gasteiger partial charge on any atom is -0.444 e. The van der Waals surface area contributed by atoms with Crippen LogP contribution in [-0.2, 0) is 11.3 Å². The number of pyridine rings is 1. The van der Waals surface area contributed by atoms with Crippen molar-refractivity contribution in [3.8, 4) is 0 Å². The van der Waals surface area contributed by atoms with Gasteiger partial charge in [-0.15, -0.1) is 0 Å². The number of amides is 1. The highest BCUT2D eigenvalue weighted by Gasteiger charge is 2.26. The van der Waals surface area contributed by atoms with Gasteiger partial charge < -0.3 is 20.3 Å². The first-order chi connectivity index (χ1) is 10.3. The highest BCUT2D eigenvalue weighted by Crippen LogP contribution is 2.18. The quantitative estimate of drug-likeness (QED) is 0.903. The number of aromatic nitrogens is 1. The molecule has 2 rings (SSSR count). The largest absolute Gasteiger partial charge is 0.444 e. The molecule has 6 heteroatoms. The van der Waals surface area contributed by atoms with Gasteiger partial charge in [0.25, 0.3) is 0 Å². The lowest BCUT2D eigenvalue weighted by Gasteiger charge is -2.36. The summed E-state index contributed by atoms with van der Waals surface area (Å²) in [4.78, 5) is 20.6. The van der Waals surface area contributed by atoms with Gasteiger partial charge in [0, 0.05) is 38.4 Å². The van der Waals surface area contributed by atoms with Crippen LogP contribution in [0.15, 0.2) is 12.1 Å². The van der Waals surface area contributed by atoms with E-state index in [0.717, 1.165) is 30.2 Å². The number of hydrogen-bond acceptors (Lipinski definition) is 5. The van der Waals surface area contributed by atoms with Crippen LogP contribution < -0.4 is 10.6 Å². The van der Waals surface area contributed by atoms with E-state index in [2.05, 4.69) is 9.88 Å². The van der Waals surface area contributed by atoms with Crippen molar-refractivity contribution in [1.29, 1.82) is 0 Å². The molecular formula is C16H26N4O2. The Morgan fingerprint density at radius 2 is 1.91 bits per heavy atom. The summed E-state index contributed by atoms with van der Waals surface area (Å²) in [5.41, 5.74) is 7.31. The average molecular weight is 306 g/mol. The molecule has 1 aromatic rings. The number of rotatable bonds is 2. The Morgan fingerprint density at radius 3 is 2.45 bits per heavy atom. The Balaban J connectivity index is 1.97. The van der Waals surface area contributed by atoms with Gasteiger partial charge in [-0.1, -0.05) is 0 Å². The van der Waals surface area contributed by atoms with E-state index in [4.69, 9.17) is 10.5 Å². The van der Waals surface area contributed by atoms with Crippen LogP contribution in [0.2, 0.25) is 0 Å². The maximum atomic E-state index is 12.1. The molecular weight excluding hydrogens is 280 g/mol. The van der Waals surface area contributed by atoms with Gasteiger partial charge in [0.1, 0.15) is 11.4 Å². The highest BCUT2D eigenvalue weighted by molar-refractivity contribution is 5.68. The van der Waals surface area contributed by atoms with Gasteiger partial charge in [-0.25, -0.2) is 9.78 Å². The number of hydrogen-bond donors (Lipinski definition) is 1. The van der Waals surface area contributed by atoms with Crippen LogP contribution in [0.25, 0.3) is 0 Å². The van der Waals surface area contributed by atoms with E-state index in [1.54, 1.807) is 4.90 Å². The second-order valence-corrected chi connectivity index (χ2v) is 6.63. The summed E-state index contributed by atoms with van der Waals surface area (Å²) in [6, 6.07) is 4.02. The van der Waals surface area contributed by atoms with Gasteiger partial charge in [-0.05, 0) is 45.4 Å². The summed E-state index contributed by atoms with van der Waals surface area (Å²) < 4.78 is 5.41. The number of carbonyl (C=O) groups excluding carboxylic acids is 1. The monoisotopic (exact) mass is 306 g/mol. The summed E-state index contributed by atoms with van der Waals surface area (Å²) in [7, 11) is 0. The number of carbonyl (C=O) groups is 1. The molecule has 0 atom stereocenters. The summed E-state index contributed by atoms with van der Waals surface area (Å²) >= 11 is 0. The topological polar surface area (TPSA) is 71.7 Å². The molecule has 1 fully saturated rings. The van der Waals surface area contributed by atoms with Gasteiger partial charge in [-0.3, -0.25) is 0 Å². The van der Waals surface area contributed by atoms with Crippen LogP contribution in [0.1, 0.15) is 32.0 Å². The smallest absolute Gasteiger partial charge is 0.410 e. The van der Waals surface area contributed by atoms with E-state index in [0.29, 0.717) is 19.6 Å². The number of nitrogens with two attached hydrogens (primary N) is 1. The number of aryl methyl sites for hydroxylation is 1. The Labute approximate surface area is 132 Å². The molecule has 1 aliphatic rings. The predicted molar refractivity (Wildman–Crippen MR) is 86.9 cm³/mol. The van der Waals surface area contributed by atoms with E-state index in [1.807, 2.05) is 39.8 Å². The lowest BCUT2D eigenvalue weighted by molar-refractivity contribution is 0.0240. The first-order valence-corrected chi connectivity index (χ1v) is 7.69. The highest BCUT2D eigenvalue weighted by atomic mass is 16.6. The number of anilines is 1. The third kappa shape index (κ3) is 4.34. The molecule has 1 aliphatic heterocycles. The fourth-order valence-electron chi connectivity index (χ4n) is 2.45. The zero-order valence-electron chi connectivity index (χ0n) is 13.9. The lowest BCUT2D eigenvalue weighted by Crippen LogP contribution is -2.50. The molecule has 122 valence electrons. The maximum absolute atomic E-state index is 12.1. The minimum absolute atomic E-state index is 0.244. The summed E-state index contributed by atoms with van der Waals surface area (Å²) in [6.45, 7) is 10.9. The third-order valence-corrected chi connectivity index (χ3v) is 3.49. The normalized spacial score (nSPS) is 15.9. The lowest BCUT2D eigenvalue weighted by atomic mass is 10.2. The van der Waals surface area contributed by atoms with Crippen molar-refractivity contribution in [3.63, 3.8) is 0 Å². The molecule has 0 unspecified atom stereocenters. The second-order valence-electron chi connectivity index (χ2n) is 6.63. The van der Waals surface area contributed by atoms with Gasteiger partial charge in [0.05, 0.1) is 0 Å². The molecule has 1 saturated heterocycles. The Hall–Kier alpha value is -1.82. The van der Waals surface area contributed by atoms with E-state index < -0.39 is 5.60 Å². The first kappa shape index (κ1) is 16.5. The molecule has 2 N–H and O–H groups in total. The van der Waals surface area contributed by atoms with Crippen LogP contribution >= 0.6 is 0 Å². The van der Waals surface area contributed by atoms with Gasteiger partial charge >= 0.3 is 6.09 Å². The molecule has 2 heterocycles. The van der Waals surface area contributed by atoms with Gasteiger partial charge in [0.2, 0.25) is 0 Å². The molecule has 6 nitrogen and oxygen atoms in total. The Bertz CT molecular complexity index is 531. The zero-order valence-corrected chi connectivity index (χ0v) is 13.9. The van der Waals surface area contributed by atoms with Crippen LogP contribution in [-0.4, -0.2) is 47.8 Å².